The van der Waals surface area contributed by atoms with E-state index in [1.54, 1.807) is 11.1 Å². The molecule has 168 valence electrons. The minimum atomic E-state index is -0.113. The van der Waals surface area contributed by atoms with Crippen molar-refractivity contribution in [2.75, 3.05) is 7.11 Å². The summed E-state index contributed by atoms with van der Waals surface area (Å²) in [6.45, 7) is 7.44. The van der Waals surface area contributed by atoms with Crippen molar-refractivity contribution in [1.29, 1.82) is 0 Å². The molecule has 0 aromatic heterocycles. The van der Waals surface area contributed by atoms with Gasteiger partial charge in [0, 0.05) is 6.42 Å². The third-order valence-corrected chi connectivity index (χ3v) is 9.91. The highest BCUT2D eigenvalue weighted by atomic mass is 16.5. The van der Waals surface area contributed by atoms with Gasteiger partial charge >= 0.3 is 5.97 Å². The Hall–Kier alpha value is -1.09. The third kappa shape index (κ3) is 3.70. The number of aliphatic hydroxyl groups excluding tert-OH is 1. The van der Waals surface area contributed by atoms with Crippen molar-refractivity contribution in [3.8, 4) is 0 Å². The molecular weight excluding hydrogens is 372 g/mol. The quantitative estimate of drug-likeness (QED) is 0.330. The molecule has 4 aliphatic rings. The highest BCUT2D eigenvalue weighted by Crippen LogP contribution is 2.67. The molecule has 4 rings (SSSR count). The maximum absolute atomic E-state index is 11.4. The molecule has 30 heavy (non-hydrogen) atoms. The summed E-state index contributed by atoms with van der Waals surface area (Å²) >= 11 is 0. The number of unbranched alkanes of at least 4 members (excludes halogenated alkanes) is 1. The van der Waals surface area contributed by atoms with E-state index in [-0.39, 0.29) is 12.1 Å². The van der Waals surface area contributed by atoms with Gasteiger partial charge in [-0.1, -0.05) is 37.1 Å². The standard InChI is InChI=1S/C27H42O3/c1-18(7-5-6-8-25(29)30-4)22-11-12-23-21-10-9-19-17-20(28)13-15-26(19,2)24(21)14-16-27(22,23)3/h7,9,20-24,28H,5-6,8,10-17H2,1-4H3/b18-7+/t20-,21-,22+,23-,24?,26-,27+/m0/s1. The Morgan fingerprint density at radius 2 is 2.00 bits per heavy atom. The smallest absolute Gasteiger partial charge is 0.305 e. The van der Waals surface area contributed by atoms with Crippen LogP contribution in [0.4, 0.5) is 0 Å². The van der Waals surface area contributed by atoms with Crippen LogP contribution in [0.2, 0.25) is 0 Å². The van der Waals surface area contributed by atoms with Crippen LogP contribution in [-0.2, 0) is 9.53 Å². The summed E-state index contributed by atoms with van der Waals surface area (Å²) < 4.78 is 4.77. The Kier molecular flexibility index (Phi) is 6.23. The van der Waals surface area contributed by atoms with Gasteiger partial charge in [0.15, 0.2) is 0 Å². The summed E-state index contributed by atoms with van der Waals surface area (Å²) in [5.74, 6) is 3.07. The Morgan fingerprint density at radius 3 is 2.77 bits per heavy atom. The first-order chi connectivity index (χ1) is 14.3. The molecule has 0 saturated heterocycles. The van der Waals surface area contributed by atoms with Crippen LogP contribution < -0.4 is 0 Å². The van der Waals surface area contributed by atoms with Crippen molar-refractivity contribution in [2.24, 2.45) is 34.5 Å². The number of fused-ring (bicyclic) bond motifs is 5. The van der Waals surface area contributed by atoms with Crippen LogP contribution in [0.5, 0.6) is 0 Å². The summed E-state index contributed by atoms with van der Waals surface area (Å²) in [6, 6.07) is 0. The number of hydrogen-bond acceptors (Lipinski definition) is 3. The molecule has 3 fully saturated rings. The minimum Gasteiger partial charge on any atom is -0.469 e. The predicted molar refractivity (Wildman–Crippen MR) is 121 cm³/mol. The summed E-state index contributed by atoms with van der Waals surface area (Å²) in [6.07, 6.45) is 16.9. The van der Waals surface area contributed by atoms with Gasteiger partial charge in [0.25, 0.3) is 0 Å². The Balaban J connectivity index is 1.47. The van der Waals surface area contributed by atoms with Crippen LogP contribution >= 0.6 is 0 Å². The first-order valence-electron chi connectivity index (χ1n) is 12.4. The molecule has 0 spiro atoms. The maximum Gasteiger partial charge on any atom is 0.305 e. The van der Waals surface area contributed by atoms with Crippen molar-refractivity contribution in [2.45, 2.75) is 97.5 Å². The number of aliphatic hydroxyl groups is 1. The van der Waals surface area contributed by atoms with E-state index in [4.69, 9.17) is 4.74 Å². The van der Waals surface area contributed by atoms with Gasteiger partial charge in [-0.2, -0.15) is 0 Å². The van der Waals surface area contributed by atoms with Crippen molar-refractivity contribution in [3.63, 3.8) is 0 Å². The number of carbonyl (C=O) groups is 1. The highest BCUT2D eigenvalue weighted by Gasteiger charge is 2.58. The maximum atomic E-state index is 11.4. The molecule has 0 amide bonds. The van der Waals surface area contributed by atoms with E-state index >= 15 is 0 Å². The SMILES string of the molecule is COC(=O)CCC/C=C(\C)[C@H]1CC[C@H]2[C@@H]3CC=C4C[C@@H](O)CC[C@]4(C)C3CC[C@]12C. The zero-order valence-corrected chi connectivity index (χ0v) is 19.6. The molecule has 0 radical (unpaired) electrons. The number of methoxy groups -OCH3 is 1. The van der Waals surface area contributed by atoms with Gasteiger partial charge in [-0.15, -0.1) is 0 Å². The summed E-state index contributed by atoms with van der Waals surface area (Å²) in [5.41, 5.74) is 3.89. The van der Waals surface area contributed by atoms with Crippen LogP contribution in [-0.4, -0.2) is 24.3 Å². The van der Waals surface area contributed by atoms with Crippen molar-refractivity contribution < 1.29 is 14.6 Å². The Labute approximate surface area is 183 Å². The second-order valence-electron chi connectivity index (χ2n) is 11.2. The largest absolute Gasteiger partial charge is 0.469 e. The van der Waals surface area contributed by atoms with Gasteiger partial charge in [-0.25, -0.2) is 0 Å². The molecule has 4 aliphatic carbocycles. The molecule has 7 atom stereocenters. The van der Waals surface area contributed by atoms with Crippen molar-refractivity contribution in [1.82, 2.24) is 0 Å². The van der Waals surface area contributed by atoms with E-state index in [9.17, 15) is 9.90 Å². The molecule has 1 unspecified atom stereocenters. The number of carbonyl (C=O) groups excluding carboxylic acids is 1. The number of ether oxygens (including phenoxy) is 1. The van der Waals surface area contributed by atoms with Crippen LogP contribution in [0.3, 0.4) is 0 Å². The summed E-state index contributed by atoms with van der Waals surface area (Å²) in [7, 11) is 1.47. The fourth-order valence-corrected chi connectivity index (χ4v) is 8.21. The summed E-state index contributed by atoms with van der Waals surface area (Å²) in [4.78, 5) is 11.4. The lowest BCUT2D eigenvalue weighted by Gasteiger charge is -2.58. The van der Waals surface area contributed by atoms with Gasteiger partial charge < -0.3 is 9.84 Å². The van der Waals surface area contributed by atoms with E-state index < -0.39 is 0 Å². The fraction of sp³-hybridized carbons (Fsp3) is 0.815. The van der Waals surface area contributed by atoms with Crippen LogP contribution in [0.25, 0.3) is 0 Å². The average Bonchev–Trinajstić information content (AvgIpc) is 3.08. The van der Waals surface area contributed by atoms with Crippen molar-refractivity contribution >= 4 is 5.97 Å². The first kappa shape index (κ1) is 22.1. The van der Waals surface area contributed by atoms with E-state index in [1.807, 2.05) is 0 Å². The number of hydrogen-bond donors (Lipinski definition) is 1. The zero-order valence-electron chi connectivity index (χ0n) is 19.6. The highest BCUT2D eigenvalue weighted by molar-refractivity contribution is 5.69. The second kappa shape index (κ2) is 8.45. The molecule has 0 aliphatic heterocycles. The van der Waals surface area contributed by atoms with E-state index in [0.29, 0.717) is 23.2 Å². The van der Waals surface area contributed by atoms with E-state index in [2.05, 4.69) is 32.9 Å². The second-order valence-corrected chi connectivity index (χ2v) is 11.2. The average molecular weight is 415 g/mol. The minimum absolute atomic E-state index is 0.0966. The molecule has 1 N–H and O–H groups in total. The topological polar surface area (TPSA) is 46.5 Å². The predicted octanol–water partition coefficient (Wildman–Crippen LogP) is 6.22. The monoisotopic (exact) mass is 414 g/mol. The number of allylic oxidation sites excluding steroid dienone is 3. The Bertz CT molecular complexity index is 722. The third-order valence-electron chi connectivity index (χ3n) is 9.91. The molecule has 0 aromatic rings. The van der Waals surface area contributed by atoms with Crippen LogP contribution in [0.1, 0.15) is 91.4 Å². The molecular formula is C27H42O3. The van der Waals surface area contributed by atoms with Gasteiger partial charge in [0.05, 0.1) is 13.2 Å². The molecule has 0 bridgehead atoms. The van der Waals surface area contributed by atoms with Crippen LogP contribution in [0, 0.1) is 34.5 Å². The summed E-state index contributed by atoms with van der Waals surface area (Å²) in [5, 5.41) is 10.2. The molecule has 3 nitrogen and oxygen atoms in total. The van der Waals surface area contributed by atoms with Gasteiger partial charge in [0.1, 0.15) is 0 Å². The van der Waals surface area contributed by atoms with E-state index in [0.717, 1.165) is 43.4 Å². The molecule has 0 heterocycles. The lowest BCUT2D eigenvalue weighted by atomic mass is 9.47. The molecule has 3 saturated carbocycles. The lowest BCUT2D eigenvalue weighted by molar-refractivity contribution is -0.140. The number of esters is 1. The van der Waals surface area contributed by atoms with Crippen molar-refractivity contribution in [3.05, 3.63) is 23.3 Å². The number of rotatable bonds is 5. The normalized spacial score (nSPS) is 43.3. The fourth-order valence-electron chi connectivity index (χ4n) is 8.21. The molecule has 0 aromatic carbocycles. The van der Waals surface area contributed by atoms with E-state index in [1.165, 1.54) is 45.6 Å². The molecule has 3 heteroatoms. The lowest BCUT2D eigenvalue weighted by Crippen LogP contribution is -2.50. The van der Waals surface area contributed by atoms with Gasteiger partial charge in [0.2, 0.25) is 0 Å². The van der Waals surface area contributed by atoms with Gasteiger partial charge in [-0.05, 0) is 106 Å². The van der Waals surface area contributed by atoms with Crippen LogP contribution in [0.15, 0.2) is 23.3 Å². The van der Waals surface area contributed by atoms with Gasteiger partial charge in [-0.3, -0.25) is 4.79 Å². The first-order valence-corrected chi connectivity index (χ1v) is 12.4. The Morgan fingerprint density at radius 1 is 1.20 bits per heavy atom. The zero-order chi connectivity index (χ0) is 21.5.